The summed E-state index contributed by atoms with van der Waals surface area (Å²) in [7, 11) is -2.06. The minimum absolute atomic E-state index is 0.140. The summed E-state index contributed by atoms with van der Waals surface area (Å²) in [5.41, 5.74) is 0.476. The fraction of sp³-hybridized carbons (Fsp3) is 0.588. The molecule has 0 aliphatic heterocycles. The van der Waals surface area contributed by atoms with Gasteiger partial charge in [-0.2, -0.15) is 0 Å². The van der Waals surface area contributed by atoms with Crippen molar-refractivity contribution in [2.75, 3.05) is 20.3 Å². The van der Waals surface area contributed by atoms with Crippen LogP contribution in [0.2, 0.25) is 0 Å². The first-order valence-corrected chi connectivity index (χ1v) is 9.82. The Morgan fingerprint density at radius 1 is 1.21 bits per heavy atom. The zero-order valence-electron chi connectivity index (χ0n) is 14.2. The van der Waals surface area contributed by atoms with Gasteiger partial charge in [0, 0.05) is 25.3 Å². The van der Waals surface area contributed by atoms with Gasteiger partial charge < -0.3 is 10.1 Å². The molecule has 1 fully saturated rings. The minimum Gasteiger partial charge on any atom is -0.383 e. The number of rotatable bonds is 7. The van der Waals surface area contributed by atoms with E-state index in [-0.39, 0.29) is 23.4 Å². The number of amides is 1. The molecular formula is C17H26N2O4S. The first-order valence-electron chi connectivity index (χ1n) is 8.33. The molecule has 0 aromatic heterocycles. The molecule has 0 bridgehead atoms. The van der Waals surface area contributed by atoms with Gasteiger partial charge in [0.25, 0.3) is 5.91 Å². The second kappa shape index (κ2) is 8.60. The number of ether oxygens (including phenoxy) is 1. The predicted octanol–water partition coefficient (Wildman–Crippen LogP) is 1.92. The van der Waals surface area contributed by atoms with E-state index < -0.39 is 10.0 Å². The SMILES string of the molecule is COCCNS(=O)(=O)c1ccc(C(=O)N[C@H]2CCCC[C@@H]2C)cc1. The first kappa shape index (κ1) is 18.9. The van der Waals surface area contributed by atoms with Crippen LogP contribution in [0.1, 0.15) is 43.0 Å². The Bertz CT molecular complexity index is 643. The van der Waals surface area contributed by atoms with Gasteiger partial charge in [-0.25, -0.2) is 13.1 Å². The van der Waals surface area contributed by atoms with Crippen molar-refractivity contribution < 1.29 is 17.9 Å². The van der Waals surface area contributed by atoms with E-state index >= 15 is 0 Å². The van der Waals surface area contributed by atoms with E-state index in [4.69, 9.17) is 4.74 Å². The van der Waals surface area contributed by atoms with E-state index in [1.54, 1.807) is 12.1 Å². The molecule has 1 aromatic rings. The van der Waals surface area contributed by atoms with E-state index in [9.17, 15) is 13.2 Å². The maximum atomic E-state index is 12.3. The van der Waals surface area contributed by atoms with Gasteiger partial charge in [-0.3, -0.25) is 4.79 Å². The number of carbonyl (C=O) groups excluding carboxylic acids is 1. The van der Waals surface area contributed by atoms with Crippen LogP contribution in [0.25, 0.3) is 0 Å². The summed E-state index contributed by atoms with van der Waals surface area (Å²) in [5, 5.41) is 3.06. The first-order chi connectivity index (χ1) is 11.4. The smallest absolute Gasteiger partial charge is 0.251 e. The Morgan fingerprint density at radius 3 is 2.50 bits per heavy atom. The van der Waals surface area contributed by atoms with E-state index in [1.807, 2.05) is 0 Å². The highest BCUT2D eigenvalue weighted by Gasteiger charge is 2.23. The van der Waals surface area contributed by atoms with Crippen LogP contribution < -0.4 is 10.0 Å². The average molecular weight is 354 g/mol. The summed E-state index contributed by atoms with van der Waals surface area (Å²) in [5.74, 6) is 0.331. The predicted molar refractivity (Wildman–Crippen MR) is 92.4 cm³/mol. The number of methoxy groups -OCH3 is 1. The van der Waals surface area contributed by atoms with Gasteiger partial charge in [0.2, 0.25) is 10.0 Å². The largest absolute Gasteiger partial charge is 0.383 e. The highest BCUT2D eigenvalue weighted by atomic mass is 32.2. The van der Waals surface area contributed by atoms with E-state index in [0.717, 1.165) is 19.3 Å². The van der Waals surface area contributed by atoms with Gasteiger partial charge >= 0.3 is 0 Å². The molecule has 1 amide bonds. The van der Waals surface area contributed by atoms with Gasteiger partial charge in [0.05, 0.1) is 11.5 Å². The van der Waals surface area contributed by atoms with E-state index in [0.29, 0.717) is 18.1 Å². The molecule has 2 rings (SSSR count). The third kappa shape index (κ3) is 5.03. The van der Waals surface area contributed by atoms with Crippen LogP contribution in [0.4, 0.5) is 0 Å². The normalized spacial score (nSPS) is 21.4. The van der Waals surface area contributed by atoms with Crippen molar-refractivity contribution in [3.63, 3.8) is 0 Å². The van der Waals surface area contributed by atoms with Gasteiger partial charge in [-0.15, -0.1) is 0 Å². The van der Waals surface area contributed by atoms with Crippen LogP contribution in [0.5, 0.6) is 0 Å². The lowest BCUT2D eigenvalue weighted by Gasteiger charge is -2.29. The summed E-state index contributed by atoms with van der Waals surface area (Å²) in [6.07, 6.45) is 4.49. The second-order valence-electron chi connectivity index (χ2n) is 6.26. The molecule has 0 unspecified atom stereocenters. The molecule has 1 aromatic carbocycles. The highest BCUT2D eigenvalue weighted by molar-refractivity contribution is 7.89. The van der Waals surface area contributed by atoms with Gasteiger partial charge in [-0.05, 0) is 43.0 Å². The van der Waals surface area contributed by atoms with Crippen molar-refractivity contribution >= 4 is 15.9 Å². The van der Waals surface area contributed by atoms with E-state index in [1.165, 1.54) is 25.7 Å². The highest BCUT2D eigenvalue weighted by Crippen LogP contribution is 2.24. The topological polar surface area (TPSA) is 84.5 Å². The lowest BCUT2D eigenvalue weighted by Crippen LogP contribution is -2.41. The fourth-order valence-corrected chi connectivity index (χ4v) is 3.94. The third-order valence-corrected chi connectivity index (χ3v) is 5.93. The van der Waals surface area contributed by atoms with Crippen molar-refractivity contribution in [2.24, 2.45) is 5.92 Å². The molecule has 6 nitrogen and oxygen atoms in total. The lowest BCUT2D eigenvalue weighted by molar-refractivity contribution is 0.0910. The lowest BCUT2D eigenvalue weighted by atomic mass is 9.86. The van der Waals surface area contributed by atoms with Gasteiger partial charge in [-0.1, -0.05) is 19.8 Å². The molecule has 0 heterocycles. The summed E-state index contributed by atoms with van der Waals surface area (Å²) in [6.45, 7) is 2.67. The molecule has 1 aliphatic rings. The molecule has 2 atom stereocenters. The van der Waals surface area contributed by atoms with Gasteiger partial charge in [0.15, 0.2) is 0 Å². The fourth-order valence-electron chi connectivity index (χ4n) is 2.93. The maximum absolute atomic E-state index is 12.3. The Morgan fingerprint density at radius 2 is 1.88 bits per heavy atom. The molecule has 134 valence electrons. The van der Waals surface area contributed by atoms with Crippen LogP contribution in [0.15, 0.2) is 29.2 Å². The summed E-state index contributed by atoms with van der Waals surface area (Å²) in [4.78, 5) is 12.5. The summed E-state index contributed by atoms with van der Waals surface area (Å²) in [6, 6.07) is 6.20. The van der Waals surface area contributed by atoms with Crippen LogP contribution in [0, 0.1) is 5.92 Å². The van der Waals surface area contributed by atoms with Crippen molar-refractivity contribution in [2.45, 2.75) is 43.5 Å². The molecule has 2 N–H and O–H groups in total. The second-order valence-corrected chi connectivity index (χ2v) is 8.02. The Balaban J connectivity index is 1.99. The number of carbonyl (C=O) groups is 1. The van der Waals surface area contributed by atoms with Crippen LogP contribution >= 0.6 is 0 Å². The monoisotopic (exact) mass is 354 g/mol. The van der Waals surface area contributed by atoms with Crippen LogP contribution in [-0.2, 0) is 14.8 Å². The van der Waals surface area contributed by atoms with Crippen molar-refractivity contribution in [3.05, 3.63) is 29.8 Å². The molecular weight excluding hydrogens is 328 g/mol. The molecule has 1 saturated carbocycles. The number of benzene rings is 1. The summed E-state index contributed by atoms with van der Waals surface area (Å²) >= 11 is 0. The number of hydrogen-bond acceptors (Lipinski definition) is 4. The Kier molecular flexibility index (Phi) is 6.77. The average Bonchev–Trinajstić information content (AvgIpc) is 2.57. The molecule has 7 heteroatoms. The molecule has 0 saturated heterocycles. The molecule has 1 aliphatic carbocycles. The molecule has 0 radical (unpaired) electrons. The number of nitrogens with one attached hydrogen (secondary N) is 2. The zero-order chi connectivity index (χ0) is 17.6. The van der Waals surface area contributed by atoms with Crippen molar-refractivity contribution in [1.82, 2.24) is 10.0 Å². The minimum atomic E-state index is -3.57. The number of hydrogen-bond donors (Lipinski definition) is 2. The van der Waals surface area contributed by atoms with Crippen LogP contribution in [-0.4, -0.2) is 40.6 Å². The van der Waals surface area contributed by atoms with E-state index in [2.05, 4.69) is 17.0 Å². The third-order valence-electron chi connectivity index (χ3n) is 4.45. The van der Waals surface area contributed by atoms with Gasteiger partial charge in [0.1, 0.15) is 0 Å². The molecule has 0 spiro atoms. The van der Waals surface area contributed by atoms with Crippen LogP contribution in [0.3, 0.4) is 0 Å². The van der Waals surface area contributed by atoms with Crippen molar-refractivity contribution in [1.29, 1.82) is 0 Å². The quantitative estimate of drug-likeness (QED) is 0.733. The Hall–Kier alpha value is -1.44. The zero-order valence-corrected chi connectivity index (χ0v) is 15.1. The number of sulfonamides is 1. The standard InChI is InChI=1S/C17H26N2O4S/c1-13-5-3-4-6-16(13)19-17(20)14-7-9-15(10-8-14)24(21,22)18-11-12-23-2/h7-10,13,16,18H,3-6,11-12H2,1-2H3,(H,19,20)/t13-,16-/m0/s1. The molecule has 24 heavy (non-hydrogen) atoms. The summed E-state index contributed by atoms with van der Waals surface area (Å²) < 4.78 is 31.4. The maximum Gasteiger partial charge on any atom is 0.251 e. The van der Waals surface area contributed by atoms with Crippen molar-refractivity contribution in [3.8, 4) is 0 Å². The Labute approximate surface area is 144 Å².